The summed E-state index contributed by atoms with van der Waals surface area (Å²) in [5.41, 5.74) is 0. The van der Waals surface area contributed by atoms with E-state index in [0.717, 1.165) is 6.42 Å². The molecule has 0 spiro atoms. The van der Waals surface area contributed by atoms with Gasteiger partial charge in [0, 0.05) is 0 Å². The van der Waals surface area contributed by atoms with Gasteiger partial charge < -0.3 is 0 Å². The fraction of sp³-hybridized carbons (Fsp3) is 1.00. The molecule has 6 heteroatoms. The number of hydrogen-bond donors (Lipinski definition) is 0. The van der Waals surface area contributed by atoms with Crippen LogP contribution >= 0.6 is 22.2 Å². The van der Waals surface area contributed by atoms with Crippen molar-refractivity contribution in [1.82, 2.24) is 0 Å². The molecule has 0 aromatic carbocycles. The monoisotopic (exact) mass is 378 g/mol. The van der Waals surface area contributed by atoms with Crippen molar-refractivity contribution in [3.05, 3.63) is 0 Å². The van der Waals surface area contributed by atoms with Crippen molar-refractivity contribution in [2.45, 2.75) is 49.2 Å². The van der Waals surface area contributed by atoms with Gasteiger partial charge in [-0.3, -0.25) is 0 Å². The molecule has 0 saturated heterocycles. The molecule has 96 valence electrons. The Morgan fingerprint density at radius 3 is 2.31 bits per heavy atom. The van der Waals surface area contributed by atoms with Crippen LogP contribution in [-0.4, -0.2) is 32.6 Å². The second kappa shape index (κ2) is 7.55. The Balaban J connectivity index is 2.55. The molecule has 0 radical (unpaired) electrons. The molecular weight excluding hydrogens is 358 g/mol. The SMILES string of the molecule is CCOP(=O)(OCC)[Se][C@H]1CCCC[C@@H]1Br. The molecule has 0 aromatic rings. The average Bonchev–Trinajstić information content (AvgIpc) is 2.22. The van der Waals surface area contributed by atoms with Gasteiger partial charge in [-0.25, -0.2) is 0 Å². The third-order valence-corrected chi connectivity index (χ3v) is 11.9. The maximum atomic E-state index is 12.4. The average molecular weight is 378 g/mol. The fourth-order valence-corrected chi connectivity index (χ4v) is 11.6. The zero-order valence-corrected chi connectivity index (χ0v) is 14.0. The Morgan fingerprint density at radius 2 is 1.81 bits per heavy atom. The van der Waals surface area contributed by atoms with Crippen LogP contribution in [0.3, 0.4) is 0 Å². The molecule has 0 aliphatic heterocycles. The standard InChI is InChI=1S/C10H20BrO3PSe/c1-3-13-15(12,14-4-2)16-10-8-6-5-7-9(10)11/h9-10H,3-8H2,1-2H3/t9-,10-/m0/s1. The normalized spacial score (nSPS) is 26.9. The predicted molar refractivity (Wildman–Crippen MR) is 71.5 cm³/mol. The van der Waals surface area contributed by atoms with Crippen LogP contribution in [0.25, 0.3) is 0 Å². The Morgan fingerprint density at radius 1 is 1.25 bits per heavy atom. The van der Waals surface area contributed by atoms with E-state index in [1.165, 1.54) is 19.3 Å². The second-order valence-electron chi connectivity index (χ2n) is 3.73. The van der Waals surface area contributed by atoms with Crippen molar-refractivity contribution in [3.63, 3.8) is 0 Å². The van der Waals surface area contributed by atoms with Crippen molar-refractivity contribution in [1.29, 1.82) is 0 Å². The minimum atomic E-state index is -2.79. The van der Waals surface area contributed by atoms with Gasteiger partial charge in [0.05, 0.1) is 0 Å². The first kappa shape index (κ1) is 15.2. The molecule has 0 bridgehead atoms. The van der Waals surface area contributed by atoms with Crippen LogP contribution in [0.5, 0.6) is 0 Å². The van der Waals surface area contributed by atoms with Gasteiger partial charge in [0.1, 0.15) is 0 Å². The van der Waals surface area contributed by atoms with Crippen molar-refractivity contribution in [2.24, 2.45) is 0 Å². The van der Waals surface area contributed by atoms with Crippen LogP contribution in [0.15, 0.2) is 0 Å². The molecule has 1 rings (SSSR count). The molecule has 1 fully saturated rings. The summed E-state index contributed by atoms with van der Waals surface area (Å²) < 4.78 is 23.1. The van der Waals surface area contributed by atoms with Crippen molar-refractivity contribution >= 4 is 36.7 Å². The van der Waals surface area contributed by atoms with Gasteiger partial charge in [-0.05, 0) is 0 Å². The molecule has 0 heterocycles. The summed E-state index contributed by atoms with van der Waals surface area (Å²) in [5, 5.41) is 0. The van der Waals surface area contributed by atoms with E-state index in [9.17, 15) is 4.57 Å². The van der Waals surface area contributed by atoms with Gasteiger partial charge in [0.15, 0.2) is 0 Å². The summed E-state index contributed by atoms with van der Waals surface area (Å²) in [6, 6.07) is 0. The molecular formula is C10H20BrO3PSe. The molecule has 1 saturated carbocycles. The summed E-state index contributed by atoms with van der Waals surface area (Å²) in [6.07, 6.45) is 2.06. The number of hydrogen-bond acceptors (Lipinski definition) is 3. The van der Waals surface area contributed by atoms with E-state index >= 15 is 0 Å². The molecule has 0 N–H and O–H groups in total. The molecule has 1 aliphatic carbocycles. The Hall–Kier alpha value is 1.15. The summed E-state index contributed by atoms with van der Waals surface area (Å²) in [5.74, 6) is 0. The van der Waals surface area contributed by atoms with Crippen LogP contribution < -0.4 is 0 Å². The molecule has 3 nitrogen and oxygen atoms in total. The van der Waals surface area contributed by atoms with Crippen molar-refractivity contribution in [2.75, 3.05) is 13.2 Å². The van der Waals surface area contributed by atoms with E-state index < -0.39 is 6.29 Å². The van der Waals surface area contributed by atoms with Gasteiger partial charge in [-0.1, -0.05) is 0 Å². The van der Waals surface area contributed by atoms with Crippen LogP contribution in [0.4, 0.5) is 0 Å². The van der Waals surface area contributed by atoms with E-state index in [1.807, 2.05) is 13.8 Å². The topological polar surface area (TPSA) is 35.5 Å². The quantitative estimate of drug-likeness (QED) is 0.398. The second-order valence-corrected chi connectivity index (χ2v) is 11.9. The first-order valence-electron chi connectivity index (χ1n) is 5.83. The van der Waals surface area contributed by atoms with Gasteiger partial charge in [-0.2, -0.15) is 0 Å². The zero-order chi connectivity index (χ0) is 12.0. The van der Waals surface area contributed by atoms with Crippen molar-refractivity contribution in [3.8, 4) is 0 Å². The first-order chi connectivity index (χ1) is 7.61. The Kier molecular flexibility index (Phi) is 7.18. The van der Waals surface area contributed by atoms with Crippen LogP contribution in [0.2, 0.25) is 4.82 Å². The first-order valence-corrected chi connectivity index (χ1v) is 11.5. The Bertz CT molecular complexity index is 242. The van der Waals surface area contributed by atoms with Crippen LogP contribution in [0.1, 0.15) is 39.5 Å². The maximum absolute atomic E-state index is 12.4. The molecule has 2 atom stereocenters. The summed E-state index contributed by atoms with van der Waals surface area (Å²) in [7, 11) is 0. The van der Waals surface area contributed by atoms with E-state index in [4.69, 9.17) is 9.05 Å². The zero-order valence-electron chi connectivity index (χ0n) is 9.86. The number of rotatable bonds is 6. The van der Waals surface area contributed by atoms with Gasteiger partial charge >= 0.3 is 113 Å². The third kappa shape index (κ3) is 4.80. The van der Waals surface area contributed by atoms with Crippen LogP contribution in [-0.2, 0) is 13.6 Å². The summed E-state index contributed by atoms with van der Waals surface area (Å²) >= 11 is 3.63. The molecule has 0 unspecified atom stereocenters. The summed E-state index contributed by atoms with van der Waals surface area (Å²) in [4.78, 5) is 0.987. The minimum absolute atomic E-state index is 0.0619. The van der Waals surface area contributed by atoms with Gasteiger partial charge in [0.25, 0.3) is 0 Å². The molecule has 16 heavy (non-hydrogen) atoms. The molecule has 0 aromatic heterocycles. The molecule has 1 aliphatic rings. The van der Waals surface area contributed by atoms with Gasteiger partial charge in [-0.15, -0.1) is 0 Å². The predicted octanol–water partition coefficient (Wildman–Crippen LogP) is 4.00. The van der Waals surface area contributed by atoms with E-state index in [-0.39, 0.29) is 14.5 Å². The van der Waals surface area contributed by atoms with Crippen molar-refractivity contribution < 1.29 is 13.6 Å². The molecule has 0 amide bonds. The van der Waals surface area contributed by atoms with E-state index in [0.29, 0.717) is 22.9 Å². The number of halogens is 1. The Labute approximate surface area is 112 Å². The fourth-order valence-electron chi connectivity index (χ4n) is 1.75. The summed E-state index contributed by atoms with van der Waals surface area (Å²) in [6.45, 7) is 4.68. The van der Waals surface area contributed by atoms with E-state index in [1.54, 1.807) is 0 Å². The third-order valence-electron chi connectivity index (χ3n) is 2.46. The van der Waals surface area contributed by atoms with Gasteiger partial charge in [0.2, 0.25) is 0 Å². The van der Waals surface area contributed by atoms with E-state index in [2.05, 4.69) is 15.9 Å². The van der Waals surface area contributed by atoms with Crippen LogP contribution in [0, 0.1) is 0 Å². The number of alkyl halides is 1.